The van der Waals surface area contributed by atoms with Crippen molar-refractivity contribution in [2.24, 2.45) is 0 Å². The van der Waals surface area contributed by atoms with Crippen molar-refractivity contribution in [3.63, 3.8) is 0 Å². The molecule has 2 aromatic heterocycles. The normalized spacial score (nSPS) is 16.4. The van der Waals surface area contributed by atoms with Gasteiger partial charge in [-0.25, -0.2) is 27.6 Å². The Labute approximate surface area is 223 Å². The lowest BCUT2D eigenvalue weighted by molar-refractivity contribution is -0.138. The summed E-state index contributed by atoms with van der Waals surface area (Å²) in [6.45, 7) is 5.72. The molecule has 39 heavy (non-hydrogen) atoms. The Morgan fingerprint density at radius 3 is 2.44 bits per heavy atom. The summed E-state index contributed by atoms with van der Waals surface area (Å²) in [4.78, 5) is 22.1. The SMILES string of the molecule is CNS(=O)(=O)c1ccc(Nc2ncc(C(F)(F)F)c(-n3cc(C4CCCN4C(=O)OC(C)(C)C)cn3)n2)cc1. The molecule has 210 valence electrons. The van der Waals surface area contributed by atoms with Crippen LogP contribution >= 0.6 is 0 Å². The fourth-order valence-corrected chi connectivity index (χ4v) is 4.78. The van der Waals surface area contributed by atoms with Crippen molar-refractivity contribution in [3.05, 3.63) is 54.0 Å². The van der Waals surface area contributed by atoms with E-state index in [-0.39, 0.29) is 10.8 Å². The number of rotatable bonds is 6. The van der Waals surface area contributed by atoms with Crippen LogP contribution in [0.25, 0.3) is 5.82 Å². The molecule has 0 bridgehead atoms. The van der Waals surface area contributed by atoms with Crippen LogP contribution in [-0.4, -0.2) is 58.4 Å². The van der Waals surface area contributed by atoms with E-state index in [9.17, 15) is 26.4 Å². The number of carbonyl (C=O) groups excluding carboxylic acids is 1. The molecular formula is C24H28F3N7O4S. The van der Waals surface area contributed by atoms with E-state index in [1.54, 1.807) is 25.7 Å². The summed E-state index contributed by atoms with van der Waals surface area (Å²) in [6.07, 6.45) is -0.495. The van der Waals surface area contributed by atoms with Gasteiger partial charge in [0.15, 0.2) is 5.82 Å². The molecule has 4 rings (SSSR count). The summed E-state index contributed by atoms with van der Waals surface area (Å²) in [5.74, 6) is -0.669. The number of hydrogen-bond donors (Lipinski definition) is 2. The number of benzene rings is 1. The predicted molar refractivity (Wildman–Crippen MR) is 135 cm³/mol. The van der Waals surface area contributed by atoms with E-state index in [1.165, 1.54) is 43.7 Å². The second-order valence-electron chi connectivity index (χ2n) is 9.84. The molecule has 3 heterocycles. The molecule has 2 N–H and O–H groups in total. The first-order valence-corrected chi connectivity index (χ1v) is 13.5. The number of likely N-dealkylation sites (tertiary alicyclic amines) is 1. The van der Waals surface area contributed by atoms with Gasteiger partial charge in [-0.05, 0) is 64.9 Å². The lowest BCUT2D eigenvalue weighted by Gasteiger charge is -2.28. The third kappa shape index (κ3) is 6.47. The highest BCUT2D eigenvalue weighted by Gasteiger charge is 2.37. The first-order valence-electron chi connectivity index (χ1n) is 12.0. The molecule has 1 saturated heterocycles. The summed E-state index contributed by atoms with van der Waals surface area (Å²) in [5, 5.41) is 6.90. The minimum absolute atomic E-state index is 0.0148. The van der Waals surface area contributed by atoms with E-state index in [4.69, 9.17) is 4.74 Å². The molecule has 1 atom stereocenters. The maximum Gasteiger partial charge on any atom is 0.421 e. The van der Waals surface area contributed by atoms with Gasteiger partial charge in [-0.2, -0.15) is 23.3 Å². The van der Waals surface area contributed by atoms with E-state index >= 15 is 0 Å². The first-order chi connectivity index (χ1) is 18.2. The van der Waals surface area contributed by atoms with E-state index in [1.807, 2.05) is 0 Å². The average Bonchev–Trinajstić information content (AvgIpc) is 3.52. The summed E-state index contributed by atoms with van der Waals surface area (Å²) in [6, 6.07) is 5.12. The highest BCUT2D eigenvalue weighted by Crippen LogP contribution is 2.36. The molecule has 0 spiro atoms. The van der Waals surface area contributed by atoms with Crippen LogP contribution in [0.5, 0.6) is 0 Å². The van der Waals surface area contributed by atoms with Gasteiger partial charge in [-0.1, -0.05) is 0 Å². The Morgan fingerprint density at radius 1 is 1.13 bits per heavy atom. The van der Waals surface area contributed by atoms with Crippen LogP contribution in [0.15, 0.2) is 47.8 Å². The van der Waals surface area contributed by atoms with Gasteiger partial charge in [0, 0.05) is 30.2 Å². The molecule has 11 nitrogen and oxygen atoms in total. The summed E-state index contributed by atoms with van der Waals surface area (Å²) >= 11 is 0. The lowest BCUT2D eigenvalue weighted by Crippen LogP contribution is -2.36. The van der Waals surface area contributed by atoms with Crippen molar-refractivity contribution >= 4 is 27.8 Å². The Bertz CT molecular complexity index is 1450. The zero-order valence-corrected chi connectivity index (χ0v) is 22.5. The average molecular weight is 568 g/mol. The van der Waals surface area contributed by atoms with Crippen LogP contribution in [0.1, 0.15) is 50.8 Å². The van der Waals surface area contributed by atoms with E-state index in [0.29, 0.717) is 36.8 Å². The van der Waals surface area contributed by atoms with Crippen molar-refractivity contribution in [1.82, 2.24) is 29.4 Å². The smallest absolute Gasteiger partial charge is 0.421 e. The zero-order valence-electron chi connectivity index (χ0n) is 21.7. The van der Waals surface area contributed by atoms with Gasteiger partial charge >= 0.3 is 12.3 Å². The second-order valence-corrected chi connectivity index (χ2v) is 11.7. The van der Waals surface area contributed by atoms with Crippen LogP contribution in [0.4, 0.5) is 29.6 Å². The number of anilines is 2. The van der Waals surface area contributed by atoms with Gasteiger partial charge in [-0.15, -0.1) is 0 Å². The molecular weight excluding hydrogens is 539 g/mol. The van der Waals surface area contributed by atoms with Gasteiger partial charge in [0.1, 0.15) is 11.2 Å². The molecule has 0 saturated carbocycles. The monoisotopic (exact) mass is 567 g/mol. The zero-order chi connectivity index (χ0) is 28.6. The van der Waals surface area contributed by atoms with Gasteiger partial charge in [0.05, 0.1) is 17.1 Å². The fourth-order valence-electron chi connectivity index (χ4n) is 4.05. The van der Waals surface area contributed by atoms with Crippen molar-refractivity contribution in [2.45, 2.75) is 56.3 Å². The molecule has 1 unspecified atom stereocenters. The first kappa shape index (κ1) is 28.3. The topological polar surface area (TPSA) is 131 Å². The number of nitrogens with one attached hydrogen (secondary N) is 2. The Kier molecular flexibility index (Phi) is 7.58. The standard InChI is InChI=1S/C24H28F3N7O4S/c1-23(2,3)38-22(35)33-11-5-6-19(33)15-12-30-34(14-15)20-18(24(25,26)27)13-29-21(32-20)31-16-7-9-17(10-8-16)39(36,37)28-4/h7-10,12-14,19,28H,5-6,11H2,1-4H3,(H,29,31,32). The number of ether oxygens (including phenoxy) is 1. The molecule has 1 aliphatic rings. The molecule has 1 aromatic carbocycles. The minimum Gasteiger partial charge on any atom is -0.444 e. The quantitative estimate of drug-likeness (QED) is 0.448. The van der Waals surface area contributed by atoms with E-state index in [2.05, 4.69) is 25.1 Å². The molecule has 0 aliphatic carbocycles. The number of alkyl halides is 3. The van der Waals surface area contributed by atoms with Crippen LogP contribution in [-0.2, 0) is 20.9 Å². The van der Waals surface area contributed by atoms with E-state index in [0.717, 1.165) is 4.68 Å². The number of halogens is 3. The second kappa shape index (κ2) is 10.4. The van der Waals surface area contributed by atoms with Crippen LogP contribution in [0.3, 0.4) is 0 Å². The Hall–Kier alpha value is -3.72. The minimum atomic E-state index is -4.76. The number of hydrogen-bond acceptors (Lipinski definition) is 8. The summed E-state index contributed by atoms with van der Waals surface area (Å²) in [5.41, 5.74) is -0.896. The molecule has 1 aliphatic heterocycles. The lowest BCUT2D eigenvalue weighted by atomic mass is 10.1. The summed E-state index contributed by atoms with van der Waals surface area (Å²) in [7, 11) is -2.37. The predicted octanol–water partition coefficient (Wildman–Crippen LogP) is 4.40. The highest BCUT2D eigenvalue weighted by atomic mass is 32.2. The third-order valence-electron chi connectivity index (χ3n) is 5.85. The molecule has 3 aromatic rings. The van der Waals surface area contributed by atoms with Gasteiger partial charge < -0.3 is 15.0 Å². The Morgan fingerprint density at radius 2 is 1.82 bits per heavy atom. The van der Waals surface area contributed by atoms with Crippen LogP contribution < -0.4 is 10.0 Å². The summed E-state index contributed by atoms with van der Waals surface area (Å²) < 4.78 is 74.0. The van der Waals surface area contributed by atoms with Crippen molar-refractivity contribution in [2.75, 3.05) is 18.9 Å². The van der Waals surface area contributed by atoms with Gasteiger partial charge in [0.2, 0.25) is 16.0 Å². The largest absolute Gasteiger partial charge is 0.444 e. The van der Waals surface area contributed by atoms with Crippen LogP contribution in [0, 0.1) is 0 Å². The molecule has 15 heteroatoms. The molecule has 0 radical (unpaired) electrons. The Balaban J connectivity index is 1.63. The van der Waals surface area contributed by atoms with Crippen molar-refractivity contribution < 1.29 is 31.1 Å². The van der Waals surface area contributed by atoms with Crippen LogP contribution in [0.2, 0.25) is 0 Å². The molecule has 1 fully saturated rings. The number of aromatic nitrogens is 4. The van der Waals surface area contributed by atoms with Crippen molar-refractivity contribution in [1.29, 1.82) is 0 Å². The van der Waals surface area contributed by atoms with Gasteiger partial charge in [-0.3, -0.25) is 0 Å². The van der Waals surface area contributed by atoms with Gasteiger partial charge in [0.25, 0.3) is 0 Å². The maximum atomic E-state index is 13.8. The number of amides is 1. The maximum absolute atomic E-state index is 13.8. The number of sulfonamides is 1. The molecule has 1 amide bonds. The fraction of sp³-hybridized carbons (Fsp3) is 0.417. The highest BCUT2D eigenvalue weighted by molar-refractivity contribution is 7.89. The van der Waals surface area contributed by atoms with Crippen molar-refractivity contribution in [3.8, 4) is 5.82 Å². The number of carbonyl (C=O) groups is 1. The third-order valence-corrected chi connectivity index (χ3v) is 7.28. The number of nitrogens with zero attached hydrogens (tertiary/aromatic N) is 5. The van der Waals surface area contributed by atoms with E-state index < -0.39 is 45.3 Å².